The van der Waals surface area contributed by atoms with Crippen LogP contribution in [0.2, 0.25) is 0 Å². The summed E-state index contributed by atoms with van der Waals surface area (Å²) < 4.78 is 8.04. The van der Waals surface area contributed by atoms with E-state index in [0.29, 0.717) is 24.6 Å². The third-order valence-corrected chi connectivity index (χ3v) is 3.12. The Kier molecular flexibility index (Phi) is 4.26. The highest BCUT2D eigenvalue weighted by atomic mass is 79.9. The molecule has 5 nitrogen and oxygen atoms in total. The molecule has 0 aliphatic heterocycles. The van der Waals surface area contributed by atoms with Gasteiger partial charge in [0.2, 0.25) is 0 Å². The van der Waals surface area contributed by atoms with E-state index in [9.17, 15) is 0 Å². The Bertz CT molecular complexity index is 584. The largest absolute Gasteiger partial charge is 0.393 e. The van der Waals surface area contributed by atoms with Gasteiger partial charge in [0.25, 0.3) is 0 Å². The Morgan fingerprint density at radius 3 is 3.06 bits per heavy atom. The topological polar surface area (TPSA) is 66.0 Å². The van der Waals surface area contributed by atoms with Crippen LogP contribution in [0, 0.1) is 0 Å². The predicted molar refractivity (Wildman–Crippen MR) is 77.3 cm³/mol. The molecule has 0 radical (unpaired) electrons. The van der Waals surface area contributed by atoms with E-state index >= 15 is 0 Å². The average molecular weight is 329 g/mol. The van der Waals surface area contributed by atoms with Gasteiger partial charge in [-0.1, -0.05) is 12.2 Å². The lowest BCUT2D eigenvalue weighted by atomic mass is 10.4. The van der Waals surface area contributed by atoms with Crippen molar-refractivity contribution >= 4 is 44.3 Å². The standard InChI is InChI=1S/C11H13BrN4OS/c1-17-6-10-15-8-4-7(12)5-14-11(8)16(10)3-2-9(13)18/h4-5H,2-3,6H2,1H3,(H2,13,18). The van der Waals surface area contributed by atoms with Gasteiger partial charge >= 0.3 is 0 Å². The fourth-order valence-corrected chi connectivity index (χ4v) is 2.14. The fourth-order valence-electron chi connectivity index (χ4n) is 1.73. The molecule has 0 aliphatic rings. The SMILES string of the molecule is COCc1nc2cc(Br)cnc2n1CCC(N)=S. The highest BCUT2D eigenvalue weighted by molar-refractivity contribution is 9.10. The molecular weight excluding hydrogens is 316 g/mol. The summed E-state index contributed by atoms with van der Waals surface area (Å²) in [6, 6.07) is 1.93. The second-order valence-electron chi connectivity index (χ2n) is 3.83. The first-order valence-corrected chi connectivity index (χ1v) is 6.60. The van der Waals surface area contributed by atoms with Gasteiger partial charge in [-0.3, -0.25) is 0 Å². The summed E-state index contributed by atoms with van der Waals surface area (Å²) in [6.07, 6.45) is 2.37. The van der Waals surface area contributed by atoms with Crippen LogP contribution < -0.4 is 5.73 Å². The Morgan fingerprint density at radius 2 is 2.39 bits per heavy atom. The number of ether oxygens (including phenoxy) is 1. The molecule has 0 bridgehead atoms. The normalized spacial score (nSPS) is 11.0. The van der Waals surface area contributed by atoms with Crippen LogP contribution in [0.3, 0.4) is 0 Å². The summed E-state index contributed by atoms with van der Waals surface area (Å²) in [7, 11) is 1.64. The number of pyridine rings is 1. The quantitative estimate of drug-likeness (QED) is 0.850. The van der Waals surface area contributed by atoms with Crippen molar-refractivity contribution < 1.29 is 4.74 Å². The second kappa shape index (κ2) is 5.73. The van der Waals surface area contributed by atoms with Gasteiger partial charge in [-0.15, -0.1) is 0 Å². The van der Waals surface area contributed by atoms with Gasteiger partial charge in [-0.25, -0.2) is 9.97 Å². The summed E-state index contributed by atoms with van der Waals surface area (Å²) in [4.78, 5) is 9.36. The molecule has 2 N–H and O–H groups in total. The third kappa shape index (κ3) is 2.85. The number of fused-ring (bicyclic) bond motifs is 1. The second-order valence-corrected chi connectivity index (χ2v) is 5.27. The van der Waals surface area contributed by atoms with Crippen LogP contribution in [-0.2, 0) is 17.9 Å². The van der Waals surface area contributed by atoms with Gasteiger partial charge < -0.3 is 15.0 Å². The lowest BCUT2D eigenvalue weighted by Crippen LogP contribution is -2.14. The molecule has 7 heteroatoms. The Hall–Kier alpha value is -1.05. The first kappa shape index (κ1) is 13.4. The number of methoxy groups -OCH3 is 1. The van der Waals surface area contributed by atoms with Gasteiger partial charge in [0.05, 0.1) is 4.99 Å². The van der Waals surface area contributed by atoms with Gasteiger partial charge in [-0.05, 0) is 22.0 Å². The molecule has 0 saturated heterocycles. The van der Waals surface area contributed by atoms with E-state index in [1.54, 1.807) is 13.3 Å². The van der Waals surface area contributed by atoms with Crippen molar-refractivity contribution in [3.63, 3.8) is 0 Å². The molecule has 2 aromatic rings. The van der Waals surface area contributed by atoms with Crippen LogP contribution in [0.1, 0.15) is 12.2 Å². The van der Waals surface area contributed by atoms with Gasteiger partial charge in [0.15, 0.2) is 5.65 Å². The van der Waals surface area contributed by atoms with Crippen LogP contribution in [0.25, 0.3) is 11.2 Å². The monoisotopic (exact) mass is 328 g/mol. The van der Waals surface area contributed by atoms with Crippen molar-refractivity contribution in [2.45, 2.75) is 19.6 Å². The first-order chi connectivity index (χ1) is 8.61. The summed E-state index contributed by atoms with van der Waals surface area (Å²) in [5.41, 5.74) is 7.19. The van der Waals surface area contributed by atoms with E-state index in [4.69, 9.17) is 22.7 Å². The van der Waals surface area contributed by atoms with Crippen molar-refractivity contribution in [3.05, 3.63) is 22.6 Å². The van der Waals surface area contributed by atoms with E-state index in [2.05, 4.69) is 25.9 Å². The maximum absolute atomic E-state index is 5.54. The summed E-state index contributed by atoms with van der Waals surface area (Å²) in [5.74, 6) is 0.828. The van der Waals surface area contributed by atoms with E-state index in [0.717, 1.165) is 21.5 Å². The molecule has 0 fully saturated rings. The molecule has 0 unspecified atom stereocenters. The van der Waals surface area contributed by atoms with Crippen molar-refractivity contribution in [1.82, 2.24) is 14.5 Å². The van der Waals surface area contributed by atoms with Crippen LogP contribution in [0.5, 0.6) is 0 Å². The Morgan fingerprint density at radius 1 is 1.61 bits per heavy atom. The molecule has 0 atom stereocenters. The predicted octanol–water partition coefficient (Wildman–Crippen LogP) is 2.02. The fraction of sp³-hybridized carbons (Fsp3) is 0.364. The van der Waals surface area contributed by atoms with Crippen molar-refractivity contribution in [1.29, 1.82) is 0 Å². The minimum atomic E-state index is 0.436. The molecule has 18 heavy (non-hydrogen) atoms. The summed E-state index contributed by atoms with van der Waals surface area (Å²) in [5, 5.41) is 0. The highest BCUT2D eigenvalue weighted by Gasteiger charge is 2.12. The average Bonchev–Trinajstić information content (AvgIpc) is 2.63. The van der Waals surface area contributed by atoms with E-state index < -0.39 is 0 Å². The number of hydrogen-bond acceptors (Lipinski definition) is 4. The molecule has 2 aromatic heterocycles. The van der Waals surface area contributed by atoms with Crippen molar-refractivity contribution in [3.8, 4) is 0 Å². The molecule has 0 saturated carbocycles. The molecule has 2 rings (SSSR count). The lowest BCUT2D eigenvalue weighted by Gasteiger charge is -2.07. The van der Waals surface area contributed by atoms with E-state index in [1.807, 2.05) is 10.6 Å². The molecule has 0 aromatic carbocycles. The smallest absolute Gasteiger partial charge is 0.160 e. The van der Waals surface area contributed by atoms with E-state index in [1.165, 1.54) is 0 Å². The molecule has 2 heterocycles. The van der Waals surface area contributed by atoms with Crippen molar-refractivity contribution in [2.75, 3.05) is 7.11 Å². The molecular formula is C11H13BrN4OS. The van der Waals surface area contributed by atoms with Crippen LogP contribution in [0.15, 0.2) is 16.7 Å². The zero-order valence-electron chi connectivity index (χ0n) is 9.89. The van der Waals surface area contributed by atoms with E-state index in [-0.39, 0.29) is 0 Å². The summed E-state index contributed by atoms with van der Waals surface area (Å²) in [6.45, 7) is 1.10. The minimum Gasteiger partial charge on any atom is -0.393 e. The lowest BCUT2D eigenvalue weighted by molar-refractivity contribution is 0.174. The van der Waals surface area contributed by atoms with Crippen LogP contribution >= 0.6 is 28.1 Å². The Balaban J connectivity index is 2.44. The van der Waals surface area contributed by atoms with Gasteiger partial charge in [0.1, 0.15) is 17.9 Å². The number of aryl methyl sites for hydroxylation is 1. The number of aromatic nitrogens is 3. The number of hydrogen-bond donors (Lipinski definition) is 1. The molecule has 96 valence electrons. The van der Waals surface area contributed by atoms with Crippen LogP contribution in [-0.4, -0.2) is 26.6 Å². The zero-order chi connectivity index (χ0) is 13.1. The number of nitrogens with zero attached hydrogens (tertiary/aromatic N) is 3. The van der Waals surface area contributed by atoms with Crippen LogP contribution in [0.4, 0.5) is 0 Å². The maximum atomic E-state index is 5.54. The molecule has 0 aliphatic carbocycles. The van der Waals surface area contributed by atoms with Gasteiger partial charge in [0, 0.05) is 30.7 Å². The van der Waals surface area contributed by atoms with Gasteiger partial charge in [-0.2, -0.15) is 0 Å². The molecule has 0 amide bonds. The minimum absolute atomic E-state index is 0.436. The number of imidazole rings is 1. The first-order valence-electron chi connectivity index (χ1n) is 5.39. The van der Waals surface area contributed by atoms with Crippen molar-refractivity contribution in [2.24, 2.45) is 5.73 Å². The number of nitrogens with two attached hydrogens (primary N) is 1. The number of thiocarbonyl (C=S) groups is 1. The molecule has 0 spiro atoms. The maximum Gasteiger partial charge on any atom is 0.160 e. The number of rotatable bonds is 5. The zero-order valence-corrected chi connectivity index (χ0v) is 12.3. The summed E-state index contributed by atoms with van der Waals surface area (Å²) >= 11 is 8.29. The number of halogens is 1. The Labute approximate surface area is 118 Å². The third-order valence-electron chi connectivity index (χ3n) is 2.49. The highest BCUT2D eigenvalue weighted by Crippen LogP contribution is 2.19.